The van der Waals surface area contributed by atoms with Crippen LogP contribution in [0.15, 0.2) is 42.5 Å². The number of aromatic amines is 1. The van der Waals surface area contributed by atoms with Crippen LogP contribution in [0.2, 0.25) is 10.0 Å². The van der Waals surface area contributed by atoms with E-state index in [4.69, 9.17) is 23.2 Å². The Bertz CT molecular complexity index is 1080. The number of carbonyl (C=O) groups excluding carboxylic acids is 1. The Labute approximate surface area is 169 Å². The average molecular weight is 421 g/mol. The van der Waals surface area contributed by atoms with Crippen molar-refractivity contribution >= 4 is 57.5 Å². The van der Waals surface area contributed by atoms with Crippen molar-refractivity contribution in [1.29, 1.82) is 0 Å². The molecule has 0 unspecified atom stereocenters. The number of anilines is 1. The summed E-state index contributed by atoms with van der Waals surface area (Å²) in [5, 5.41) is 19.6. The van der Waals surface area contributed by atoms with Crippen LogP contribution in [-0.4, -0.2) is 46.0 Å². The van der Waals surface area contributed by atoms with Crippen LogP contribution in [0.1, 0.15) is 20.8 Å². The van der Waals surface area contributed by atoms with Gasteiger partial charge in [-0.15, -0.1) is 0 Å². The fourth-order valence-electron chi connectivity index (χ4n) is 2.97. The van der Waals surface area contributed by atoms with Crippen LogP contribution in [-0.2, 0) is 4.79 Å². The van der Waals surface area contributed by atoms with Gasteiger partial charge in [-0.05, 0) is 12.1 Å². The predicted octanol–water partition coefficient (Wildman–Crippen LogP) is 3.95. The number of hydrogen-bond acceptors (Lipinski definition) is 4. The molecule has 0 fully saturated rings. The maximum Gasteiger partial charge on any atom is 0.354 e. The molecule has 9 heteroatoms. The molecule has 3 N–H and O–H groups in total. The highest BCUT2D eigenvalue weighted by Gasteiger charge is 2.27. The highest BCUT2D eigenvalue weighted by molar-refractivity contribution is 6.40. The second-order valence-corrected chi connectivity index (χ2v) is 6.85. The quantitative estimate of drug-likeness (QED) is 0.499. The summed E-state index contributed by atoms with van der Waals surface area (Å²) in [7, 11) is 0. The zero-order chi connectivity index (χ0) is 20.4. The molecule has 2 aromatic carbocycles. The number of nitrogens with zero attached hydrogens (tertiary/aromatic N) is 1. The molecule has 0 radical (unpaired) electrons. The molecule has 0 atom stereocenters. The highest BCUT2D eigenvalue weighted by Crippen LogP contribution is 2.38. The third kappa shape index (κ3) is 3.95. The first-order valence-corrected chi connectivity index (χ1v) is 8.82. The largest absolute Gasteiger partial charge is 0.480 e. The number of benzene rings is 2. The zero-order valence-corrected chi connectivity index (χ0v) is 15.8. The SMILES string of the molecule is O=C(O)CN(CC(=O)c1ccccc1)c1c(C(=O)O)[nH]c2cc(Cl)cc(Cl)c12. The van der Waals surface area contributed by atoms with E-state index in [1.807, 2.05) is 0 Å². The number of aromatic carboxylic acids is 1. The van der Waals surface area contributed by atoms with Crippen molar-refractivity contribution in [3.63, 3.8) is 0 Å². The second-order valence-electron chi connectivity index (χ2n) is 6.00. The minimum absolute atomic E-state index is 0.0239. The molecule has 0 aliphatic rings. The Hall–Kier alpha value is -3.03. The monoisotopic (exact) mass is 420 g/mol. The van der Waals surface area contributed by atoms with E-state index >= 15 is 0 Å². The Balaban J connectivity index is 2.15. The zero-order valence-electron chi connectivity index (χ0n) is 14.3. The molecule has 144 valence electrons. The van der Waals surface area contributed by atoms with E-state index in [0.29, 0.717) is 11.1 Å². The van der Waals surface area contributed by atoms with Gasteiger partial charge in [0.25, 0.3) is 0 Å². The van der Waals surface area contributed by atoms with Crippen LogP contribution in [0.4, 0.5) is 5.69 Å². The number of H-pyrrole nitrogens is 1. The first-order valence-electron chi connectivity index (χ1n) is 8.07. The van der Waals surface area contributed by atoms with Crippen LogP contribution in [0, 0.1) is 0 Å². The van der Waals surface area contributed by atoms with Crippen molar-refractivity contribution in [3.05, 3.63) is 63.8 Å². The average Bonchev–Trinajstić information content (AvgIpc) is 3.01. The number of ketones is 1. The van der Waals surface area contributed by atoms with Gasteiger partial charge in [0, 0.05) is 16.0 Å². The molecule has 3 aromatic rings. The first kappa shape index (κ1) is 19.7. The normalized spacial score (nSPS) is 10.8. The van der Waals surface area contributed by atoms with E-state index in [-0.39, 0.29) is 39.1 Å². The summed E-state index contributed by atoms with van der Waals surface area (Å²) in [6.07, 6.45) is 0. The van der Waals surface area contributed by atoms with Crippen LogP contribution in [0.3, 0.4) is 0 Å². The summed E-state index contributed by atoms with van der Waals surface area (Å²) < 4.78 is 0. The molecule has 0 bridgehead atoms. The molecule has 0 aliphatic heterocycles. The maximum absolute atomic E-state index is 12.6. The second kappa shape index (κ2) is 7.92. The Kier molecular flexibility index (Phi) is 5.58. The topological polar surface area (TPSA) is 111 Å². The van der Waals surface area contributed by atoms with Crippen LogP contribution >= 0.6 is 23.2 Å². The summed E-state index contributed by atoms with van der Waals surface area (Å²) in [6, 6.07) is 11.2. The van der Waals surface area contributed by atoms with E-state index < -0.39 is 18.5 Å². The van der Waals surface area contributed by atoms with Gasteiger partial charge in [-0.1, -0.05) is 53.5 Å². The minimum Gasteiger partial charge on any atom is -0.480 e. The molecule has 3 rings (SSSR count). The number of carboxylic acids is 2. The third-order valence-corrected chi connectivity index (χ3v) is 4.59. The third-order valence-electron chi connectivity index (χ3n) is 4.07. The number of carbonyl (C=O) groups is 3. The fourth-order valence-corrected chi connectivity index (χ4v) is 3.55. The van der Waals surface area contributed by atoms with Gasteiger partial charge < -0.3 is 20.1 Å². The first-order chi connectivity index (χ1) is 13.3. The molecular weight excluding hydrogens is 407 g/mol. The van der Waals surface area contributed by atoms with E-state index in [9.17, 15) is 24.6 Å². The van der Waals surface area contributed by atoms with Crippen molar-refractivity contribution in [2.45, 2.75) is 0 Å². The number of nitrogens with one attached hydrogen (secondary N) is 1. The molecule has 0 spiro atoms. The van der Waals surface area contributed by atoms with Gasteiger partial charge in [0.1, 0.15) is 12.2 Å². The molecule has 0 aliphatic carbocycles. The lowest BCUT2D eigenvalue weighted by atomic mass is 10.1. The molecule has 7 nitrogen and oxygen atoms in total. The van der Waals surface area contributed by atoms with Crippen molar-refractivity contribution in [3.8, 4) is 0 Å². The lowest BCUT2D eigenvalue weighted by Gasteiger charge is -2.22. The Morgan fingerprint density at radius 1 is 1.00 bits per heavy atom. The van der Waals surface area contributed by atoms with Gasteiger partial charge in [-0.2, -0.15) is 0 Å². The molecule has 1 heterocycles. The molecular formula is C19H14Cl2N2O5. The maximum atomic E-state index is 12.6. The van der Waals surface area contributed by atoms with Gasteiger partial charge in [0.05, 0.1) is 22.8 Å². The molecule has 28 heavy (non-hydrogen) atoms. The number of aliphatic carboxylic acids is 1. The standard InChI is InChI=1S/C19H14Cl2N2O5/c20-11-6-12(21)16-13(7-11)22-17(19(27)28)18(16)23(9-15(25)26)8-14(24)10-4-2-1-3-5-10/h1-7,22H,8-9H2,(H,25,26)(H,27,28). The predicted molar refractivity (Wildman–Crippen MR) is 106 cm³/mol. The summed E-state index contributed by atoms with van der Waals surface area (Å²) in [5.41, 5.74) is 0.452. The number of hydrogen-bond donors (Lipinski definition) is 3. The van der Waals surface area contributed by atoms with Crippen molar-refractivity contribution in [1.82, 2.24) is 4.98 Å². The number of carboxylic acid groups (broad SMARTS) is 2. The number of Topliss-reactive ketones (excluding diaryl/α,β-unsaturated/α-hetero) is 1. The van der Waals surface area contributed by atoms with Crippen LogP contribution in [0.25, 0.3) is 10.9 Å². The van der Waals surface area contributed by atoms with E-state index in [0.717, 1.165) is 0 Å². The molecule has 0 saturated carbocycles. The molecule has 1 aromatic heterocycles. The summed E-state index contributed by atoms with van der Waals surface area (Å²) in [4.78, 5) is 39.7. The number of fused-ring (bicyclic) bond motifs is 1. The van der Waals surface area contributed by atoms with Gasteiger partial charge in [0.2, 0.25) is 0 Å². The smallest absolute Gasteiger partial charge is 0.354 e. The number of halogens is 2. The van der Waals surface area contributed by atoms with Gasteiger partial charge >= 0.3 is 11.9 Å². The Morgan fingerprint density at radius 3 is 2.29 bits per heavy atom. The number of rotatable bonds is 7. The van der Waals surface area contributed by atoms with E-state index in [1.165, 1.54) is 17.0 Å². The van der Waals surface area contributed by atoms with Gasteiger partial charge in [-0.25, -0.2) is 4.79 Å². The van der Waals surface area contributed by atoms with Crippen molar-refractivity contribution in [2.75, 3.05) is 18.0 Å². The molecule has 0 amide bonds. The fraction of sp³-hybridized carbons (Fsp3) is 0.105. The summed E-state index contributed by atoms with van der Waals surface area (Å²) >= 11 is 12.2. The Morgan fingerprint density at radius 2 is 1.68 bits per heavy atom. The summed E-state index contributed by atoms with van der Waals surface area (Å²) in [5.74, 6) is -2.91. The lowest BCUT2D eigenvalue weighted by molar-refractivity contribution is -0.135. The van der Waals surface area contributed by atoms with Gasteiger partial charge in [-0.3, -0.25) is 9.59 Å². The minimum atomic E-state index is -1.32. The highest BCUT2D eigenvalue weighted by atomic mass is 35.5. The van der Waals surface area contributed by atoms with E-state index in [1.54, 1.807) is 30.3 Å². The summed E-state index contributed by atoms with van der Waals surface area (Å²) in [6.45, 7) is -0.937. The lowest BCUT2D eigenvalue weighted by Crippen LogP contribution is -2.35. The van der Waals surface area contributed by atoms with Crippen molar-refractivity contribution in [2.24, 2.45) is 0 Å². The van der Waals surface area contributed by atoms with Crippen LogP contribution in [0.5, 0.6) is 0 Å². The molecule has 0 saturated heterocycles. The number of aromatic nitrogens is 1. The van der Waals surface area contributed by atoms with Gasteiger partial charge in [0.15, 0.2) is 5.78 Å². The van der Waals surface area contributed by atoms with Crippen molar-refractivity contribution < 1.29 is 24.6 Å². The van der Waals surface area contributed by atoms with Crippen LogP contribution < -0.4 is 4.90 Å². The van der Waals surface area contributed by atoms with E-state index in [2.05, 4.69) is 4.98 Å².